The highest BCUT2D eigenvalue weighted by molar-refractivity contribution is 7.89. The molecule has 0 N–H and O–H groups in total. The fraction of sp³-hybridized carbons (Fsp3) is 1.00. The maximum Gasteiger partial charge on any atom is 0.215 e. The Bertz CT molecular complexity index is 218. The first kappa shape index (κ1) is 13.2. The lowest BCUT2D eigenvalue weighted by Crippen LogP contribution is -2.32. The lowest BCUT2D eigenvalue weighted by Gasteiger charge is -2.15. The molecule has 0 amide bonds. The summed E-state index contributed by atoms with van der Waals surface area (Å²) in [5.74, 6) is 0.110. The van der Waals surface area contributed by atoms with Gasteiger partial charge >= 0.3 is 0 Å². The molecule has 0 unspecified atom stereocenters. The molecule has 0 aliphatic rings. The quantitative estimate of drug-likeness (QED) is 0.473. The third-order valence-corrected chi connectivity index (χ3v) is 3.83. The highest BCUT2D eigenvalue weighted by Gasteiger charge is 2.15. The maximum atomic E-state index is 11.3. The van der Waals surface area contributed by atoms with Crippen molar-refractivity contribution in [2.75, 3.05) is 38.4 Å². The van der Waals surface area contributed by atoms with Gasteiger partial charge in [-0.3, -0.25) is 0 Å². The van der Waals surface area contributed by atoms with Crippen LogP contribution < -0.4 is 0 Å². The van der Waals surface area contributed by atoms with Gasteiger partial charge in [0.05, 0.1) is 12.4 Å². The Balaban J connectivity index is 3.87. The molecule has 0 atom stereocenters. The van der Waals surface area contributed by atoms with Crippen LogP contribution in [0.3, 0.4) is 0 Å². The Labute approximate surface area is 84.9 Å². The Morgan fingerprint density at radius 2 is 2.08 bits per heavy atom. The molecule has 0 spiro atoms. The normalized spacial score (nSPS) is 12.3. The zero-order chi connectivity index (χ0) is 10.3. The van der Waals surface area contributed by atoms with Crippen molar-refractivity contribution in [3.63, 3.8) is 0 Å². The van der Waals surface area contributed by atoms with Crippen molar-refractivity contribution >= 4 is 21.6 Å². The molecule has 0 aromatic heterocycles. The highest BCUT2D eigenvalue weighted by Crippen LogP contribution is 1.98. The lowest BCUT2D eigenvalue weighted by molar-refractivity contribution is 0.138. The minimum Gasteiger partial charge on any atom is -0.380 e. The van der Waals surface area contributed by atoms with Crippen molar-refractivity contribution < 1.29 is 13.2 Å². The van der Waals surface area contributed by atoms with E-state index in [4.69, 9.17) is 16.3 Å². The van der Waals surface area contributed by atoms with E-state index < -0.39 is 10.0 Å². The summed E-state index contributed by atoms with van der Waals surface area (Å²) in [7, 11) is -1.64. The first-order chi connectivity index (χ1) is 6.04. The summed E-state index contributed by atoms with van der Waals surface area (Å²) in [6.07, 6.45) is 0. The number of hydrogen-bond acceptors (Lipinski definition) is 3. The standard InChI is InChI=1S/C7H16ClNO3S/c1-3-12-6-5-9(2)13(10,11)7-4-8/h3-7H2,1-2H3. The van der Waals surface area contributed by atoms with Crippen LogP contribution in [0.2, 0.25) is 0 Å². The second-order valence-electron chi connectivity index (χ2n) is 2.52. The monoisotopic (exact) mass is 229 g/mol. The first-order valence-electron chi connectivity index (χ1n) is 4.12. The Morgan fingerprint density at radius 1 is 1.46 bits per heavy atom. The van der Waals surface area contributed by atoms with Crippen LogP contribution in [0.25, 0.3) is 0 Å². The highest BCUT2D eigenvalue weighted by atomic mass is 35.5. The molecule has 0 fully saturated rings. The van der Waals surface area contributed by atoms with Crippen LogP contribution in [0.4, 0.5) is 0 Å². The topological polar surface area (TPSA) is 46.6 Å². The zero-order valence-corrected chi connectivity index (χ0v) is 9.57. The summed E-state index contributed by atoms with van der Waals surface area (Å²) in [5, 5.41) is 0. The van der Waals surface area contributed by atoms with E-state index in [9.17, 15) is 8.42 Å². The number of sulfonamides is 1. The predicted octanol–water partition coefficient (Wildman–Crippen LogP) is 0.523. The number of alkyl halides is 1. The largest absolute Gasteiger partial charge is 0.380 e. The smallest absolute Gasteiger partial charge is 0.215 e. The van der Waals surface area contributed by atoms with Gasteiger partial charge in [-0.05, 0) is 6.92 Å². The number of hydrogen-bond donors (Lipinski definition) is 0. The van der Waals surface area contributed by atoms with Gasteiger partial charge in [-0.2, -0.15) is 0 Å². The molecule has 0 saturated heterocycles. The van der Waals surface area contributed by atoms with Crippen molar-refractivity contribution in [1.82, 2.24) is 4.31 Å². The molecule has 0 aliphatic carbocycles. The van der Waals surface area contributed by atoms with Gasteiger partial charge < -0.3 is 4.74 Å². The van der Waals surface area contributed by atoms with E-state index in [-0.39, 0.29) is 11.6 Å². The van der Waals surface area contributed by atoms with Crippen molar-refractivity contribution in [2.24, 2.45) is 0 Å². The molecule has 13 heavy (non-hydrogen) atoms. The molecule has 0 heterocycles. The molecule has 0 aromatic rings. The van der Waals surface area contributed by atoms with Crippen molar-refractivity contribution in [3.8, 4) is 0 Å². The van der Waals surface area contributed by atoms with Crippen LogP contribution in [-0.2, 0) is 14.8 Å². The van der Waals surface area contributed by atoms with Crippen LogP contribution in [0.5, 0.6) is 0 Å². The van der Waals surface area contributed by atoms with Crippen molar-refractivity contribution in [1.29, 1.82) is 0 Å². The van der Waals surface area contributed by atoms with Gasteiger partial charge in [0.15, 0.2) is 0 Å². The minimum atomic E-state index is -3.17. The van der Waals surface area contributed by atoms with Gasteiger partial charge in [-0.25, -0.2) is 12.7 Å². The molecule has 0 aliphatic heterocycles. The van der Waals surface area contributed by atoms with Crippen LogP contribution in [0.15, 0.2) is 0 Å². The second kappa shape index (κ2) is 6.59. The Morgan fingerprint density at radius 3 is 2.54 bits per heavy atom. The average Bonchev–Trinajstić information content (AvgIpc) is 2.04. The van der Waals surface area contributed by atoms with E-state index in [2.05, 4.69) is 0 Å². The molecule has 6 heteroatoms. The van der Waals surface area contributed by atoms with Crippen LogP contribution >= 0.6 is 11.6 Å². The SMILES string of the molecule is CCOCCN(C)S(=O)(=O)CCCl. The number of nitrogens with zero attached hydrogens (tertiary/aromatic N) is 1. The van der Waals surface area contributed by atoms with Crippen molar-refractivity contribution in [3.05, 3.63) is 0 Å². The summed E-state index contributed by atoms with van der Waals surface area (Å²) in [6, 6.07) is 0. The third-order valence-electron chi connectivity index (χ3n) is 1.56. The van der Waals surface area contributed by atoms with Crippen molar-refractivity contribution in [2.45, 2.75) is 6.92 Å². The van der Waals surface area contributed by atoms with Crippen LogP contribution in [0.1, 0.15) is 6.92 Å². The molecular formula is C7H16ClNO3S. The predicted molar refractivity (Wildman–Crippen MR) is 53.6 cm³/mol. The van der Waals surface area contributed by atoms with E-state index >= 15 is 0 Å². The Kier molecular flexibility index (Phi) is 6.67. The maximum absolute atomic E-state index is 11.3. The van der Waals surface area contributed by atoms with Gasteiger partial charge in [0.2, 0.25) is 10.0 Å². The van der Waals surface area contributed by atoms with Gasteiger partial charge in [0, 0.05) is 26.1 Å². The Hall–Kier alpha value is 0.160. The van der Waals surface area contributed by atoms with E-state index in [1.807, 2.05) is 6.92 Å². The van der Waals surface area contributed by atoms with E-state index in [1.54, 1.807) is 0 Å². The fourth-order valence-corrected chi connectivity index (χ4v) is 2.17. The number of likely N-dealkylation sites (N-methyl/N-ethyl adjacent to an activating group) is 1. The number of ether oxygens (including phenoxy) is 1. The summed E-state index contributed by atoms with van der Waals surface area (Å²) in [4.78, 5) is 0. The molecule has 0 bridgehead atoms. The molecule has 4 nitrogen and oxygen atoms in total. The summed E-state index contributed by atoms with van der Waals surface area (Å²) >= 11 is 5.35. The molecule has 80 valence electrons. The third kappa shape index (κ3) is 5.46. The van der Waals surface area contributed by atoms with E-state index in [0.717, 1.165) is 0 Å². The molecule has 0 radical (unpaired) electrons. The summed E-state index contributed by atoms with van der Waals surface area (Å²) in [5.41, 5.74) is 0. The minimum absolute atomic E-state index is 0.0167. The molecule has 0 saturated carbocycles. The second-order valence-corrected chi connectivity index (χ2v) is 5.10. The number of halogens is 1. The molecule has 0 aromatic carbocycles. The fourth-order valence-electron chi connectivity index (χ4n) is 0.730. The van der Waals surface area contributed by atoms with Gasteiger partial charge in [-0.1, -0.05) is 0 Å². The summed E-state index contributed by atoms with van der Waals surface area (Å²) < 4.78 is 28.9. The van der Waals surface area contributed by atoms with Crippen LogP contribution in [0, 0.1) is 0 Å². The zero-order valence-electron chi connectivity index (χ0n) is 7.99. The van der Waals surface area contributed by atoms with Gasteiger partial charge in [0.1, 0.15) is 0 Å². The number of rotatable bonds is 7. The average molecular weight is 230 g/mol. The van der Waals surface area contributed by atoms with Crippen LogP contribution in [-0.4, -0.2) is 51.2 Å². The van der Waals surface area contributed by atoms with Gasteiger partial charge in [0.25, 0.3) is 0 Å². The van der Waals surface area contributed by atoms with E-state index in [0.29, 0.717) is 19.8 Å². The first-order valence-corrected chi connectivity index (χ1v) is 6.26. The van der Waals surface area contributed by atoms with Gasteiger partial charge in [-0.15, -0.1) is 11.6 Å². The molecular weight excluding hydrogens is 214 g/mol. The van der Waals surface area contributed by atoms with E-state index in [1.165, 1.54) is 11.4 Å². The molecule has 0 rings (SSSR count). The summed E-state index contributed by atoms with van der Waals surface area (Å²) in [6.45, 7) is 3.28. The lowest BCUT2D eigenvalue weighted by atomic mass is 10.7.